The van der Waals surface area contributed by atoms with Crippen molar-refractivity contribution in [3.05, 3.63) is 76.3 Å². The van der Waals surface area contributed by atoms with E-state index < -0.39 is 0 Å². The molecule has 0 aliphatic carbocycles. The lowest BCUT2D eigenvalue weighted by Crippen LogP contribution is -2.18. The van der Waals surface area contributed by atoms with Gasteiger partial charge in [0.15, 0.2) is 0 Å². The van der Waals surface area contributed by atoms with Crippen LogP contribution in [0.25, 0.3) is 0 Å². The van der Waals surface area contributed by atoms with Crippen LogP contribution in [0, 0.1) is 0 Å². The Balaban J connectivity index is 2.74. The van der Waals surface area contributed by atoms with Gasteiger partial charge in [-0.25, -0.2) is 0 Å². The van der Waals surface area contributed by atoms with Crippen LogP contribution >= 0.6 is 11.6 Å². The highest BCUT2D eigenvalue weighted by molar-refractivity contribution is 6.30. The molecule has 0 bridgehead atoms. The van der Waals surface area contributed by atoms with Crippen LogP contribution in [0.15, 0.2) is 49.1 Å². The molecule has 0 heterocycles. The summed E-state index contributed by atoms with van der Waals surface area (Å²) < 4.78 is 0. The zero-order valence-corrected chi connectivity index (χ0v) is 17.6. The van der Waals surface area contributed by atoms with Crippen molar-refractivity contribution in [2.24, 2.45) is 0 Å². The van der Waals surface area contributed by atoms with Crippen LogP contribution in [0.2, 0.25) is 5.02 Å². The van der Waals surface area contributed by atoms with Gasteiger partial charge in [-0.2, -0.15) is 0 Å². The Hall–Kier alpha value is -1.73. The Morgan fingerprint density at radius 3 is 1.92 bits per heavy atom. The molecule has 0 aromatic heterocycles. The minimum Gasteiger partial charge on any atom is -0.507 e. The number of phenols is 1. The second-order valence-electron chi connectivity index (χ2n) is 9.10. The molecule has 140 valence electrons. The summed E-state index contributed by atoms with van der Waals surface area (Å²) in [5.41, 5.74) is 4.04. The van der Waals surface area contributed by atoms with Crippen LogP contribution in [0.4, 0.5) is 0 Å². The van der Waals surface area contributed by atoms with Crippen molar-refractivity contribution in [1.82, 2.24) is 0 Å². The molecule has 2 aromatic rings. The van der Waals surface area contributed by atoms with Gasteiger partial charge in [-0.3, -0.25) is 0 Å². The number of halogens is 1. The molecule has 26 heavy (non-hydrogen) atoms. The molecular formula is C24H31ClO. The fourth-order valence-electron chi connectivity index (χ4n) is 3.36. The largest absolute Gasteiger partial charge is 0.507 e. The van der Waals surface area contributed by atoms with Crippen molar-refractivity contribution in [1.29, 1.82) is 0 Å². The number of hydrogen-bond acceptors (Lipinski definition) is 1. The molecule has 0 spiro atoms. The monoisotopic (exact) mass is 370 g/mol. The van der Waals surface area contributed by atoms with Gasteiger partial charge in [0.2, 0.25) is 0 Å². The van der Waals surface area contributed by atoms with Gasteiger partial charge in [-0.15, -0.1) is 6.58 Å². The van der Waals surface area contributed by atoms with E-state index in [0.717, 1.165) is 22.6 Å². The minimum atomic E-state index is -0.146. The van der Waals surface area contributed by atoms with Gasteiger partial charge in [0.1, 0.15) is 5.75 Å². The third-order valence-corrected chi connectivity index (χ3v) is 5.04. The highest BCUT2D eigenvalue weighted by Gasteiger charge is 2.28. The van der Waals surface area contributed by atoms with E-state index >= 15 is 0 Å². The Morgan fingerprint density at radius 2 is 1.50 bits per heavy atom. The molecule has 0 fully saturated rings. The fraction of sp³-hybridized carbons (Fsp3) is 0.417. The highest BCUT2D eigenvalue weighted by Crippen LogP contribution is 2.42. The third-order valence-electron chi connectivity index (χ3n) is 4.80. The van der Waals surface area contributed by atoms with Crippen molar-refractivity contribution in [3.63, 3.8) is 0 Å². The predicted molar refractivity (Wildman–Crippen MR) is 114 cm³/mol. The van der Waals surface area contributed by atoms with Gasteiger partial charge in [-0.1, -0.05) is 83.5 Å². The van der Waals surface area contributed by atoms with Crippen LogP contribution in [-0.2, 0) is 10.8 Å². The topological polar surface area (TPSA) is 20.2 Å². The van der Waals surface area contributed by atoms with Crippen molar-refractivity contribution in [3.8, 4) is 5.75 Å². The van der Waals surface area contributed by atoms with E-state index in [1.54, 1.807) is 0 Å². The maximum absolute atomic E-state index is 11.0. The van der Waals surface area contributed by atoms with E-state index in [-0.39, 0.29) is 16.7 Å². The molecule has 0 aliphatic heterocycles. The van der Waals surface area contributed by atoms with Gasteiger partial charge in [0.25, 0.3) is 0 Å². The molecule has 2 aromatic carbocycles. The van der Waals surface area contributed by atoms with Gasteiger partial charge in [-0.05, 0) is 51.6 Å². The summed E-state index contributed by atoms with van der Waals surface area (Å²) in [6, 6.07) is 12.3. The molecule has 0 radical (unpaired) electrons. The zero-order valence-electron chi connectivity index (χ0n) is 16.9. The van der Waals surface area contributed by atoms with Gasteiger partial charge >= 0.3 is 0 Å². The van der Waals surface area contributed by atoms with Crippen LogP contribution in [0.5, 0.6) is 5.75 Å². The Labute approximate surface area is 163 Å². The molecule has 1 N–H and O–H groups in total. The minimum absolute atomic E-state index is 0.146. The van der Waals surface area contributed by atoms with Crippen molar-refractivity contribution < 1.29 is 5.11 Å². The number of hydrogen-bond donors (Lipinski definition) is 1. The van der Waals surface area contributed by atoms with E-state index in [0.29, 0.717) is 5.75 Å². The molecule has 0 amide bonds. The summed E-state index contributed by atoms with van der Waals surface area (Å²) >= 11 is 6.24. The van der Waals surface area contributed by atoms with Crippen molar-refractivity contribution in [2.75, 3.05) is 0 Å². The molecule has 0 saturated heterocycles. The second-order valence-corrected chi connectivity index (χ2v) is 9.53. The Bertz CT molecular complexity index is 756. The molecular weight excluding hydrogens is 340 g/mol. The fourth-order valence-corrected chi connectivity index (χ4v) is 3.55. The van der Waals surface area contributed by atoms with E-state index in [4.69, 9.17) is 11.6 Å². The lowest BCUT2D eigenvalue weighted by Gasteiger charge is -2.30. The first-order chi connectivity index (χ1) is 11.9. The molecule has 0 aliphatic rings. The first-order valence-electron chi connectivity index (χ1n) is 9.19. The maximum atomic E-state index is 11.0. The first kappa shape index (κ1) is 20.6. The number of benzene rings is 2. The lowest BCUT2D eigenvalue weighted by atomic mass is 9.76. The highest BCUT2D eigenvalue weighted by atomic mass is 35.5. The predicted octanol–water partition coefficient (Wildman–Crippen LogP) is 7.35. The van der Waals surface area contributed by atoms with Crippen LogP contribution < -0.4 is 0 Å². The van der Waals surface area contributed by atoms with Gasteiger partial charge in [0, 0.05) is 10.9 Å². The normalized spacial score (nSPS) is 13.5. The quantitative estimate of drug-likeness (QED) is 0.557. The molecule has 2 rings (SSSR count). The molecule has 0 saturated carbocycles. The summed E-state index contributed by atoms with van der Waals surface area (Å²) in [5.74, 6) is 0.575. The number of phenolic OH excluding ortho intramolecular Hbond substituents is 1. The van der Waals surface area contributed by atoms with E-state index in [2.05, 4.69) is 66.3 Å². The molecule has 2 heteroatoms. The maximum Gasteiger partial charge on any atom is 0.123 e. The summed E-state index contributed by atoms with van der Waals surface area (Å²) in [6.07, 6.45) is 2.77. The number of aromatic hydroxyl groups is 1. The van der Waals surface area contributed by atoms with Crippen LogP contribution in [0.1, 0.15) is 76.1 Å². The van der Waals surface area contributed by atoms with E-state index in [1.807, 2.05) is 24.3 Å². The molecule has 1 atom stereocenters. The Kier molecular flexibility index (Phi) is 5.92. The van der Waals surface area contributed by atoms with Crippen LogP contribution in [-0.4, -0.2) is 5.11 Å². The molecule has 1 unspecified atom stereocenters. The second kappa shape index (κ2) is 7.48. The SMILES string of the molecule is C=CCC(c1cccc(Cl)c1)c1cc(C(C)(C)C)c(O)c(C(C)(C)C)c1. The summed E-state index contributed by atoms with van der Waals surface area (Å²) in [5, 5.41) is 11.7. The van der Waals surface area contributed by atoms with E-state index in [9.17, 15) is 5.11 Å². The summed E-state index contributed by atoms with van der Waals surface area (Å²) in [7, 11) is 0. The standard InChI is InChI=1S/C24H31ClO/c1-8-10-19(16-11-9-12-18(25)13-16)17-14-20(23(2,3)4)22(26)21(15-17)24(5,6)7/h8-9,11-15,19,26H,1,10H2,2-7H3. The average molecular weight is 371 g/mol. The smallest absolute Gasteiger partial charge is 0.123 e. The summed E-state index contributed by atoms with van der Waals surface area (Å²) in [6.45, 7) is 16.8. The first-order valence-corrected chi connectivity index (χ1v) is 9.57. The van der Waals surface area contributed by atoms with Gasteiger partial charge < -0.3 is 5.11 Å². The van der Waals surface area contributed by atoms with E-state index in [1.165, 1.54) is 11.1 Å². The number of rotatable bonds is 4. The van der Waals surface area contributed by atoms with Gasteiger partial charge in [0.05, 0.1) is 0 Å². The average Bonchev–Trinajstić information content (AvgIpc) is 2.51. The third kappa shape index (κ3) is 4.51. The van der Waals surface area contributed by atoms with Crippen molar-refractivity contribution >= 4 is 11.6 Å². The van der Waals surface area contributed by atoms with Crippen molar-refractivity contribution in [2.45, 2.75) is 64.7 Å². The molecule has 1 nitrogen and oxygen atoms in total. The lowest BCUT2D eigenvalue weighted by molar-refractivity contribution is 0.422. The van der Waals surface area contributed by atoms with Crippen LogP contribution in [0.3, 0.4) is 0 Å². The zero-order chi connectivity index (χ0) is 19.7. The summed E-state index contributed by atoms with van der Waals surface area (Å²) in [4.78, 5) is 0. The Morgan fingerprint density at radius 1 is 0.962 bits per heavy atom. The number of allylic oxidation sites excluding steroid dienone is 1.